The van der Waals surface area contributed by atoms with Crippen LogP contribution in [0.1, 0.15) is 12.5 Å². The number of thiocarbonyl (C=S) groups is 1. The van der Waals surface area contributed by atoms with Crippen molar-refractivity contribution < 1.29 is 14.3 Å². The van der Waals surface area contributed by atoms with Gasteiger partial charge < -0.3 is 4.74 Å². The average molecular weight is 376 g/mol. The van der Waals surface area contributed by atoms with Crippen LogP contribution in [0.5, 0.6) is 0 Å². The summed E-state index contributed by atoms with van der Waals surface area (Å²) in [5.41, 5.74) is 0.650. The van der Waals surface area contributed by atoms with Crippen molar-refractivity contribution in [3.8, 4) is 0 Å². The molecule has 1 aliphatic rings. The highest BCUT2D eigenvalue weighted by Crippen LogP contribution is 2.35. The molecule has 1 amide bonds. The fraction of sp³-hybridized carbons (Fsp3) is 0.214. The van der Waals surface area contributed by atoms with Gasteiger partial charge in [0.2, 0.25) is 0 Å². The van der Waals surface area contributed by atoms with E-state index in [9.17, 15) is 9.59 Å². The van der Waals surface area contributed by atoms with Crippen molar-refractivity contribution in [2.75, 3.05) is 7.11 Å². The molecule has 0 spiro atoms. The van der Waals surface area contributed by atoms with E-state index in [1.807, 2.05) is 0 Å². The predicted molar refractivity (Wildman–Crippen MR) is 93.0 cm³/mol. The number of carbonyl (C=O) groups excluding carboxylic acids is 2. The number of ether oxygens (including phenoxy) is 1. The molecule has 1 atom stereocenters. The lowest BCUT2D eigenvalue weighted by atomic mass is 10.2. The smallest absolute Gasteiger partial charge is 0.328 e. The lowest BCUT2D eigenvalue weighted by Crippen LogP contribution is -2.42. The molecule has 1 aromatic rings. The molecule has 0 aromatic heterocycles. The van der Waals surface area contributed by atoms with E-state index < -0.39 is 12.0 Å². The Morgan fingerprint density at radius 1 is 1.45 bits per heavy atom. The first-order valence-electron chi connectivity index (χ1n) is 6.15. The minimum absolute atomic E-state index is 0.305. The van der Waals surface area contributed by atoms with Gasteiger partial charge in [0, 0.05) is 10.0 Å². The Morgan fingerprint density at radius 3 is 2.73 bits per heavy atom. The Morgan fingerprint density at radius 2 is 2.14 bits per heavy atom. The number of carbonyl (C=O) groups is 2. The van der Waals surface area contributed by atoms with Crippen LogP contribution in [0, 0.1) is 0 Å². The van der Waals surface area contributed by atoms with E-state index >= 15 is 0 Å². The van der Waals surface area contributed by atoms with Gasteiger partial charge >= 0.3 is 5.97 Å². The van der Waals surface area contributed by atoms with Crippen molar-refractivity contribution in [2.24, 2.45) is 0 Å². The van der Waals surface area contributed by atoms with Gasteiger partial charge in [0.25, 0.3) is 5.91 Å². The second kappa shape index (κ2) is 7.00. The summed E-state index contributed by atoms with van der Waals surface area (Å²) < 4.78 is 4.95. The number of hydrogen-bond donors (Lipinski definition) is 0. The molecule has 8 heteroatoms. The number of benzene rings is 1. The molecule has 0 unspecified atom stereocenters. The lowest BCUT2D eigenvalue weighted by molar-refractivity contribution is -0.147. The molecule has 1 fully saturated rings. The number of rotatable bonds is 3. The molecule has 1 heterocycles. The molecule has 1 aliphatic heterocycles. The van der Waals surface area contributed by atoms with Crippen molar-refractivity contribution in [1.29, 1.82) is 0 Å². The average Bonchev–Trinajstić information content (AvgIpc) is 2.75. The van der Waals surface area contributed by atoms with Crippen LogP contribution in [0.2, 0.25) is 10.0 Å². The first-order chi connectivity index (χ1) is 10.3. The third kappa shape index (κ3) is 3.46. The molecule has 0 N–H and O–H groups in total. The van der Waals surface area contributed by atoms with Crippen LogP contribution >= 0.6 is 47.2 Å². The highest BCUT2D eigenvalue weighted by atomic mass is 35.5. The molecule has 22 heavy (non-hydrogen) atoms. The molecule has 1 aromatic carbocycles. The summed E-state index contributed by atoms with van der Waals surface area (Å²) in [7, 11) is 1.26. The number of esters is 1. The van der Waals surface area contributed by atoms with Crippen LogP contribution in [0.3, 0.4) is 0 Å². The summed E-state index contributed by atoms with van der Waals surface area (Å²) in [6.45, 7) is 1.56. The van der Waals surface area contributed by atoms with E-state index in [4.69, 9.17) is 35.4 Å². The highest BCUT2D eigenvalue weighted by molar-refractivity contribution is 8.26. The Balaban J connectivity index is 2.31. The van der Waals surface area contributed by atoms with Gasteiger partial charge in [-0.25, -0.2) is 4.79 Å². The van der Waals surface area contributed by atoms with Crippen LogP contribution in [-0.4, -0.2) is 34.2 Å². The van der Waals surface area contributed by atoms with Crippen LogP contribution in [0.15, 0.2) is 23.1 Å². The van der Waals surface area contributed by atoms with Crippen LogP contribution in [0.25, 0.3) is 6.08 Å². The van der Waals surface area contributed by atoms with Gasteiger partial charge in [-0.3, -0.25) is 9.69 Å². The van der Waals surface area contributed by atoms with Gasteiger partial charge in [0.1, 0.15) is 10.4 Å². The third-order valence-corrected chi connectivity index (χ3v) is 4.90. The molecule has 0 radical (unpaired) electrons. The largest absolute Gasteiger partial charge is 0.467 e. The summed E-state index contributed by atoms with van der Waals surface area (Å²) in [5.74, 6) is -0.874. The molecule has 1 saturated heterocycles. The first-order valence-corrected chi connectivity index (χ1v) is 8.13. The van der Waals surface area contributed by atoms with E-state index in [2.05, 4.69) is 4.74 Å². The minimum atomic E-state index is -0.774. The van der Waals surface area contributed by atoms with Crippen molar-refractivity contribution in [3.63, 3.8) is 0 Å². The number of hydrogen-bond acceptors (Lipinski definition) is 5. The normalized spacial score (nSPS) is 18.0. The van der Waals surface area contributed by atoms with Crippen molar-refractivity contribution >= 4 is 69.5 Å². The standard InChI is InChI=1S/C14H11Cl2NO3S2/c1-7(13(19)20-2)17-12(18)11(22-14(17)21)5-8-3-4-9(15)6-10(8)16/h3-7H,1-2H3/b11-5-/t7-/m1/s1. The molecule has 2 rings (SSSR count). The Kier molecular flexibility index (Phi) is 5.50. The van der Waals surface area contributed by atoms with E-state index in [0.29, 0.717) is 24.8 Å². The minimum Gasteiger partial charge on any atom is -0.467 e. The molecular weight excluding hydrogens is 365 g/mol. The Bertz CT molecular complexity index is 691. The topological polar surface area (TPSA) is 46.6 Å². The van der Waals surface area contributed by atoms with Crippen molar-refractivity contribution in [1.82, 2.24) is 4.90 Å². The van der Waals surface area contributed by atoms with Crippen LogP contribution in [0.4, 0.5) is 0 Å². The molecule has 0 aliphatic carbocycles. The van der Waals surface area contributed by atoms with Gasteiger partial charge in [-0.1, -0.05) is 53.2 Å². The van der Waals surface area contributed by atoms with Gasteiger partial charge in [-0.15, -0.1) is 0 Å². The number of methoxy groups -OCH3 is 1. The maximum absolute atomic E-state index is 12.4. The number of thioether (sulfide) groups is 1. The van der Waals surface area contributed by atoms with Gasteiger partial charge in [-0.05, 0) is 30.7 Å². The second-order valence-corrected chi connectivity index (χ2v) is 6.94. The zero-order valence-electron chi connectivity index (χ0n) is 11.6. The molecule has 4 nitrogen and oxygen atoms in total. The molecule has 116 valence electrons. The van der Waals surface area contributed by atoms with Crippen LogP contribution < -0.4 is 0 Å². The quantitative estimate of drug-likeness (QED) is 0.457. The van der Waals surface area contributed by atoms with E-state index in [-0.39, 0.29) is 5.91 Å². The zero-order valence-corrected chi connectivity index (χ0v) is 14.8. The highest BCUT2D eigenvalue weighted by Gasteiger charge is 2.38. The monoisotopic (exact) mass is 375 g/mol. The molecular formula is C14H11Cl2NO3S2. The van der Waals surface area contributed by atoms with E-state index in [0.717, 1.165) is 11.8 Å². The SMILES string of the molecule is COC(=O)[C@@H](C)N1C(=O)/C(=C/c2ccc(Cl)cc2Cl)SC1=S. The number of amides is 1. The Hall–Kier alpha value is -1.08. The number of nitrogens with zero attached hydrogens (tertiary/aromatic N) is 1. The zero-order chi connectivity index (χ0) is 16.4. The maximum atomic E-state index is 12.4. The second-order valence-electron chi connectivity index (χ2n) is 4.42. The van der Waals surface area contributed by atoms with Gasteiger partial charge in [0.05, 0.1) is 12.0 Å². The summed E-state index contributed by atoms with van der Waals surface area (Å²) in [6, 6.07) is 4.20. The molecule has 0 saturated carbocycles. The summed E-state index contributed by atoms with van der Waals surface area (Å²) in [6.07, 6.45) is 1.63. The van der Waals surface area contributed by atoms with Crippen LogP contribution in [-0.2, 0) is 14.3 Å². The van der Waals surface area contributed by atoms with Gasteiger partial charge in [-0.2, -0.15) is 0 Å². The fourth-order valence-electron chi connectivity index (χ4n) is 1.85. The maximum Gasteiger partial charge on any atom is 0.328 e. The molecule has 0 bridgehead atoms. The van der Waals surface area contributed by atoms with E-state index in [1.165, 1.54) is 12.0 Å². The lowest BCUT2D eigenvalue weighted by Gasteiger charge is -2.20. The summed E-state index contributed by atoms with van der Waals surface area (Å²) >= 11 is 18.2. The summed E-state index contributed by atoms with van der Waals surface area (Å²) in [5, 5.41) is 0.938. The van der Waals surface area contributed by atoms with Gasteiger partial charge in [0.15, 0.2) is 0 Å². The van der Waals surface area contributed by atoms with E-state index in [1.54, 1.807) is 31.2 Å². The number of halogens is 2. The van der Waals surface area contributed by atoms with Crippen molar-refractivity contribution in [3.05, 3.63) is 38.7 Å². The third-order valence-electron chi connectivity index (χ3n) is 3.00. The first kappa shape index (κ1) is 17.3. The summed E-state index contributed by atoms with van der Waals surface area (Å²) in [4.78, 5) is 25.7. The predicted octanol–water partition coefficient (Wildman–Crippen LogP) is 3.76. The Labute approximate surface area is 147 Å². The van der Waals surface area contributed by atoms with Crippen molar-refractivity contribution in [2.45, 2.75) is 13.0 Å². The fourth-order valence-corrected chi connectivity index (χ4v) is 3.72.